The van der Waals surface area contributed by atoms with Gasteiger partial charge in [-0.1, -0.05) is 6.92 Å². The fourth-order valence-corrected chi connectivity index (χ4v) is 3.19. The lowest BCUT2D eigenvalue weighted by Gasteiger charge is -2.12. The highest BCUT2D eigenvalue weighted by Gasteiger charge is 2.18. The summed E-state index contributed by atoms with van der Waals surface area (Å²) in [6, 6.07) is 4.08. The van der Waals surface area contributed by atoms with Crippen LogP contribution in [0.4, 0.5) is 4.79 Å². The Morgan fingerprint density at radius 1 is 1.07 bits per heavy atom. The molecule has 0 radical (unpaired) electrons. The van der Waals surface area contributed by atoms with Crippen molar-refractivity contribution in [3.05, 3.63) is 29.8 Å². The van der Waals surface area contributed by atoms with Crippen LogP contribution in [0, 0.1) is 0 Å². The van der Waals surface area contributed by atoms with Gasteiger partial charge in [0.25, 0.3) is 5.91 Å². The molecule has 1 aromatic rings. The zero-order valence-corrected chi connectivity index (χ0v) is 16.6. The van der Waals surface area contributed by atoms with Crippen molar-refractivity contribution in [2.75, 3.05) is 6.61 Å². The van der Waals surface area contributed by atoms with E-state index in [1.807, 2.05) is 12.2 Å². The lowest BCUT2D eigenvalue weighted by Crippen LogP contribution is -2.44. The average molecular weight is 399 g/mol. The second kappa shape index (κ2) is 10.0. The number of ether oxygens (including phenoxy) is 1. The number of carbonyl (C=O) groups is 3. The SMILES string of the molecule is CC[C@@H](C)NS(=O)(=O)c1ccc(C(=O)OCC(=O)NC(=O)NC(C)C)cc1. The molecule has 9 nitrogen and oxygen atoms in total. The van der Waals surface area contributed by atoms with Crippen LogP contribution < -0.4 is 15.4 Å². The van der Waals surface area contributed by atoms with Crippen LogP contribution in [0.25, 0.3) is 0 Å². The summed E-state index contributed by atoms with van der Waals surface area (Å²) in [4.78, 5) is 34.9. The van der Waals surface area contributed by atoms with E-state index in [0.717, 1.165) is 0 Å². The summed E-state index contributed by atoms with van der Waals surface area (Å²) in [5.74, 6) is -1.59. The molecule has 1 atom stereocenters. The van der Waals surface area contributed by atoms with Crippen LogP contribution in [0.1, 0.15) is 44.5 Å². The van der Waals surface area contributed by atoms with E-state index in [0.29, 0.717) is 6.42 Å². The van der Waals surface area contributed by atoms with Gasteiger partial charge in [-0.15, -0.1) is 0 Å². The number of esters is 1. The number of benzene rings is 1. The number of urea groups is 1. The van der Waals surface area contributed by atoms with Crippen molar-refractivity contribution in [3.63, 3.8) is 0 Å². The van der Waals surface area contributed by atoms with Gasteiger partial charge in [-0.05, 0) is 51.5 Å². The standard InChI is InChI=1S/C17H25N3O6S/c1-5-12(4)20-27(24,25)14-8-6-13(7-9-14)16(22)26-10-15(21)19-17(23)18-11(2)3/h6-9,11-12,20H,5,10H2,1-4H3,(H2,18,19,21,23)/t12-/m1/s1. The zero-order valence-electron chi connectivity index (χ0n) is 15.7. The Balaban J connectivity index is 2.62. The normalized spacial score (nSPS) is 12.3. The predicted molar refractivity (Wildman–Crippen MR) is 98.6 cm³/mol. The van der Waals surface area contributed by atoms with Gasteiger partial charge < -0.3 is 10.1 Å². The first-order valence-corrected chi connectivity index (χ1v) is 9.93. The highest BCUT2D eigenvalue weighted by atomic mass is 32.2. The molecule has 0 saturated heterocycles. The summed E-state index contributed by atoms with van der Waals surface area (Å²) in [5.41, 5.74) is 0.0805. The maximum atomic E-state index is 12.2. The van der Waals surface area contributed by atoms with Crippen LogP contribution in [0.2, 0.25) is 0 Å². The van der Waals surface area contributed by atoms with Gasteiger partial charge in [-0.25, -0.2) is 22.7 Å². The lowest BCUT2D eigenvalue weighted by atomic mass is 10.2. The quantitative estimate of drug-likeness (QED) is 0.562. The van der Waals surface area contributed by atoms with Crippen LogP contribution in [0.3, 0.4) is 0 Å². The van der Waals surface area contributed by atoms with Crippen molar-refractivity contribution in [1.29, 1.82) is 0 Å². The van der Waals surface area contributed by atoms with Crippen molar-refractivity contribution in [1.82, 2.24) is 15.4 Å². The molecule has 1 aromatic carbocycles. The molecule has 10 heteroatoms. The molecule has 0 aliphatic rings. The van der Waals surface area contributed by atoms with Crippen LogP contribution in [-0.2, 0) is 19.6 Å². The topological polar surface area (TPSA) is 131 Å². The minimum atomic E-state index is -3.67. The Morgan fingerprint density at radius 2 is 1.67 bits per heavy atom. The molecular formula is C17H25N3O6S. The number of rotatable bonds is 8. The van der Waals surface area contributed by atoms with E-state index in [2.05, 4.69) is 10.0 Å². The van der Waals surface area contributed by atoms with E-state index >= 15 is 0 Å². The van der Waals surface area contributed by atoms with E-state index in [1.54, 1.807) is 20.8 Å². The molecule has 150 valence electrons. The van der Waals surface area contributed by atoms with E-state index in [-0.39, 0.29) is 22.5 Å². The summed E-state index contributed by atoms with van der Waals surface area (Å²) in [6.45, 7) is 6.42. The Hall–Kier alpha value is -2.46. The number of hydrogen-bond acceptors (Lipinski definition) is 6. The van der Waals surface area contributed by atoms with E-state index in [9.17, 15) is 22.8 Å². The predicted octanol–water partition coefficient (Wildman–Crippen LogP) is 1.15. The largest absolute Gasteiger partial charge is 0.452 e. The number of amides is 3. The van der Waals surface area contributed by atoms with E-state index < -0.39 is 34.5 Å². The second-order valence-electron chi connectivity index (χ2n) is 6.21. The van der Waals surface area contributed by atoms with Crippen molar-refractivity contribution < 1.29 is 27.5 Å². The van der Waals surface area contributed by atoms with Crippen LogP contribution in [0.15, 0.2) is 29.2 Å². The molecule has 27 heavy (non-hydrogen) atoms. The van der Waals surface area contributed by atoms with Gasteiger partial charge in [-0.3, -0.25) is 10.1 Å². The smallest absolute Gasteiger partial charge is 0.338 e. The van der Waals surface area contributed by atoms with Crippen molar-refractivity contribution in [2.24, 2.45) is 0 Å². The Morgan fingerprint density at radius 3 is 2.19 bits per heavy atom. The van der Waals surface area contributed by atoms with Crippen LogP contribution in [-0.4, -0.2) is 45.0 Å². The molecule has 3 amide bonds. The van der Waals surface area contributed by atoms with Gasteiger partial charge in [-0.2, -0.15) is 0 Å². The van der Waals surface area contributed by atoms with Gasteiger partial charge in [0.05, 0.1) is 10.5 Å². The summed E-state index contributed by atoms with van der Waals surface area (Å²) in [6.07, 6.45) is 0.640. The molecule has 3 N–H and O–H groups in total. The third-order valence-corrected chi connectivity index (χ3v) is 4.98. The van der Waals surface area contributed by atoms with Gasteiger partial charge in [0, 0.05) is 12.1 Å². The third kappa shape index (κ3) is 7.75. The van der Waals surface area contributed by atoms with Crippen molar-refractivity contribution >= 4 is 27.9 Å². The number of nitrogens with one attached hydrogen (secondary N) is 3. The summed E-state index contributed by atoms with van der Waals surface area (Å²) >= 11 is 0. The summed E-state index contributed by atoms with van der Waals surface area (Å²) < 4.78 is 31.6. The Kier molecular flexibility index (Phi) is 8.38. The first kappa shape index (κ1) is 22.6. The molecule has 1 rings (SSSR count). The maximum Gasteiger partial charge on any atom is 0.338 e. The fraction of sp³-hybridized carbons (Fsp3) is 0.471. The third-order valence-electron chi connectivity index (χ3n) is 3.38. The minimum Gasteiger partial charge on any atom is -0.452 e. The number of sulfonamides is 1. The highest BCUT2D eigenvalue weighted by Crippen LogP contribution is 2.12. The number of imide groups is 1. The van der Waals surface area contributed by atoms with Crippen molar-refractivity contribution in [3.8, 4) is 0 Å². The summed E-state index contributed by atoms with van der Waals surface area (Å²) in [5, 5.41) is 4.47. The monoisotopic (exact) mass is 399 g/mol. The minimum absolute atomic E-state index is 0.0162. The van der Waals surface area contributed by atoms with E-state index in [4.69, 9.17) is 4.74 Å². The van der Waals surface area contributed by atoms with Crippen molar-refractivity contribution in [2.45, 2.75) is 51.1 Å². The highest BCUT2D eigenvalue weighted by molar-refractivity contribution is 7.89. The van der Waals surface area contributed by atoms with E-state index in [1.165, 1.54) is 24.3 Å². The molecule has 0 unspecified atom stereocenters. The first-order valence-electron chi connectivity index (χ1n) is 8.45. The molecule has 0 aromatic heterocycles. The number of carbonyl (C=O) groups excluding carboxylic acids is 3. The first-order chi connectivity index (χ1) is 12.5. The van der Waals surface area contributed by atoms with Crippen LogP contribution in [0.5, 0.6) is 0 Å². The van der Waals surface area contributed by atoms with Gasteiger partial charge in [0.2, 0.25) is 10.0 Å². The molecule has 0 bridgehead atoms. The van der Waals surface area contributed by atoms with Crippen LogP contribution >= 0.6 is 0 Å². The number of hydrogen-bond donors (Lipinski definition) is 3. The molecule has 0 saturated carbocycles. The molecule has 0 aliphatic carbocycles. The fourth-order valence-electron chi connectivity index (χ4n) is 1.86. The molecule has 0 heterocycles. The van der Waals surface area contributed by atoms with Gasteiger partial charge in [0.15, 0.2) is 6.61 Å². The average Bonchev–Trinajstić information content (AvgIpc) is 2.58. The molecule has 0 spiro atoms. The molecular weight excluding hydrogens is 374 g/mol. The maximum absolute atomic E-state index is 12.2. The van der Waals surface area contributed by atoms with Gasteiger partial charge in [0.1, 0.15) is 0 Å². The zero-order chi connectivity index (χ0) is 20.6. The Bertz CT molecular complexity index is 774. The summed E-state index contributed by atoms with van der Waals surface area (Å²) in [7, 11) is -3.67. The molecule has 0 fully saturated rings. The Labute approximate surface area is 158 Å². The molecule has 0 aliphatic heterocycles. The second-order valence-corrected chi connectivity index (χ2v) is 7.92. The van der Waals surface area contributed by atoms with Gasteiger partial charge >= 0.3 is 12.0 Å². The lowest BCUT2D eigenvalue weighted by molar-refractivity contribution is -0.123.